The van der Waals surface area contributed by atoms with Gasteiger partial charge in [-0.2, -0.15) is 0 Å². The molecule has 3 heteroatoms. The fourth-order valence-corrected chi connectivity index (χ4v) is 1.62. The number of hydrogen-bond donors (Lipinski definition) is 1. The summed E-state index contributed by atoms with van der Waals surface area (Å²) in [7, 11) is 1.35. The van der Waals surface area contributed by atoms with Crippen molar-refractivity contribution in [3.8, 4) is 0 Å². The predicted molar refractivity (Wildman–Crippen MR) is 68.7 cm³/mol. The van der Waals surface area contributed by atoms with Crippen molar-refractivity contribution in [3.05, 3.63) is 54.7 Å². The number of hydrogen-bond acceptors (Lipinski definition) is 3. The maximum atomic E-state index is 10.9. The molecule has 0 saturated heterocycles. The second-order valence-electron chi connectivity index (χ2n) is 3.53. The van der Waals surface area contributed by atoms with Crippen molar-refractivity contribution < 1.29 is 9.53 Å². The Bertz CT molecular complexity index is 556. The fourth-order valence-electron chi connectivity index (χ4n) is 1.62. The van der Waals surface area contributed by atoms with Crippen molar-refractivity contribution in [3.63, 3.8) is 0 Å². The van der Waals surface area contributed by atoms with Crippen molar-refractivity contribution in [1.29, 1.82) is 0 Å². The van der Waals surface area contributed by atoms with E-state index in [1.165, 1.54) is 13.2 Å². The second kappa shape index (κ2) is 5.16. The third kappa shape index (κ3) is 2.64. The molecule has 2 aromatic rings. The third-order valence-electron chi connectivity index (χ3n) is 2.45. The Kier molecular flexibility index (Phi) is 3.40. The Balaban J connectivity index is 2.24. The van der Waals surface area contributed by atoms with Crippen molar-refractivity contribution in [2.75, 3.05) is 12.4 Å². The van der Waals surface area contributed by atoms with Crippen LogP contribution in [0, 0.1) is 0 Å². The highest BCUT2D eigenvalue weighted by atomic mass is 16.5. The summed E-state index contributed by atoms with van der Waals surface area (Å²) in [6, 6.07) is 14.0. The van der Waals surface area contributed by atoms with Gasteiger partial charge in [0, 0.05) is 23.3 Å². The van der Waals surface area contributed by atoms with E-state index < -0.39 is 0 Å². The Morgan fingerprint density at radius 3 is 2.76 bits per heavy atom. The van der Waals surface area contributed by atoms with Gasteiger partial charge in [0.2, 0.25) is 0 Å². The normalized spacial score (nSPS) is 10.6. The maximum Gasteiger partial charge on any atom is 0.331 e. The molecule has 0 fully saturated rings. The van der Waals surface area contributed by atoms with Gasteiger partial charge in [-0.3, -0.25) is 0 Å². The zero-order valence-corrected chi connectivity index (χ0v) is 9.51. The average molecular weight is 227 g/mol. The monoisotopic (exact) mass is 227 g/mol. The lowest BCUT2D eigenvalue weighted by Crippen LogP contribution is -1.96. The van der Waals surface area contributed by atoms with Crippen LogP contribution in [0.4, 0.5) is 5.69 Å². The molecule has 86 valence electrons. The van der Waals surface area contributed by atoms with Gasteiger partial charge in [-0.25, -0.2) is 4.79 Å². The Hall–Kier alpha value is -2.29. The molecule has 0 spiro atoms. The number of carbonyl (C=O) groups is 1. The van der Waals surface area contributed by atoms with E-state index in [2.05, 4.69) is 10.1 Å². The summed E-state index contributed by atoms with van der Waals surface area (Å²) in [4.78, 5) is 10.9. The highest BCUT2D eigenvalue weighted by Gasteiger charge is 1.97. The molecule has 0 amide bonds. The topological polar surface area (TPSA) is 38.3 Å². The number of esters is 1. The van der Waals surface area contributed by atoms with Crippen LogP contribution in [0.3, 0.4) is 0 Å². The fraction of sp³-hybridized carbons (Fsp3) is 0.0714. The lowest BCUT2D eigenvalue weighted by Gasteiger charge is -2.05. The van der Waals surface area contributed by atoms with Gasteiger partial charge in [0.1, 0.15) is 0 Å². The standard InChI is InChI=1S/C14H13NO2/c1-17-14(16)9-10-15-13-8-4-6-11-5-2-3-7-12(11)13/h2-10,15H,1H3/b10-9-. The molecule has 0 atom stereocenters. The summed E-state index contributed by atoms with van der Waals surface area (Å²) in [6.07, 6.45) is 2.93. The van der Waals surface area contributed by atoms with Gasteiger partial charge < -0.3 is 10.1 Å². The minimum absolute atomic E-state index is 0.377. The number of ether oxygens (including phenoxy) is 1. The van der Waals surface area contributed by atoms with E-state index in [1.807, 2.05) is 42.5 Å². The molecule has 0 unspecified atom stereocenters. The summed E-state index contributed by atoms with van der Waals surface area (Å²) in [5, 5.41) is 5.34. The van der Waals surface area contributed by atoms with Crippen LogP contribution in [0.5, 0.6) is 0 Å². The molecule has 0 heterocycles. The number of nitrogens with one attached hydrogen (secondary N) is 1. The van der Waals surface area contributed by atoms with Gasteiger partial charge in [0.05, 0.1) is 7.11 Å². The van der Waals surface area contributed by atoms with Gasteiger partial charge in [-0.15, -0.1) is 0 Å². The predicted octanol–water partition coefficient (Wildman–Crippen LogP) is 2.94. The SMILES string of the molecule is COC(=O)/C=C\Nc1cccc2ccccc12. The minimum atomic E-state index is -0.377. The number of rotatable bonds is 3. The van der Waals surface area contributed by atoms with E-state index in [0.717, 1.165) is 16.5 Å². The highest BCUT2D eigenvalue weighted by molar-refractivity contribution is 5.94. The third-order valence-corrected chi connectivity index (χ3v) is 2.45. The largest absolute Gasteiger partial charge is 0.466 e. The maximum absolute atomic E-state index is 10.9. The number of methoxy groups -OCH3 is 1. The molecule has 0 saturated carbocycles. The number of anilines is 1. The molecular weight excluding hydrogens is 214 g/mol. The molecule has 17 heavy (non-hydrogen) atoms. The van der Waals surface area contributed by atoms with Crippen LogP contribution in [0.1, 0.15) is 0 Å². The Morgan fingerprint density at radius 2 is 1.94 bits per heavy atom. The quantitative estimate of drug-likeness (QED) is 0.647. The zero-order chi connectivity index (χ0) is 12.1. The van der Waals surface area contributed by atoms with Crippen LogP contribution in [0.25, 0.3) is 10.8 Å². The first-order valence-electron chi connectivity index (χ1n) is 5.30. The van der Waals surface area contributed by atoms with E-state index in [1.54, 1.807) is 6.20 Å². The lowest BCUT2D eigenvalue weighted by atomic mass is 10.1. The van der Waals surface area contributed by atoms with E-state index >= 15 is 0 Å². The second-order valence-corrected chi connectivity index (χ2v) is 3.53. The summed E-state index contributed by atoms with van der Waals surface area (Å²) in [5.41, 5.74) is 0.961. The van der Waals surface area contributed by atoms with Crippen LogP contribution in [0.2, 0.25) is 0 Å². The summed E-state index contributed by atoms with van der Waals surface area (Å²) < 4.78 is 4.51. The molecular formula is C14H13NO2. The van der Waals surface area contributed by atoms with Crippen molar-refractivity contribution >= 4 is 22.4 Å². The van der Waals surface area contributed by atoms with Crippen LogP contribution in [0.15, 0.2) is 54.7 Å². The number of benzene rings is 2. The molecule has 0 aliphatic rings. The van der Waals surface area contributed by atoms with Gasteiger partial charge in [0.25, 0.3) is 0 Å². The van der Waals surface area contributed by atoms with Crippen molar-refractivity contribution in [2.45, 2.75) is 0 Å². The Morgan fingerprint density at radius 1 is 1.18 bits per heavy atom. The highest BCUT2D eigenvalue weighted by Crippen LogP contribution is 2.22. The molecule has 1 N–H and O–H groups in total. The van der Waals surface area contributed by atoms with Gasteiger partial charge in [0.15, 0.2) is 0 Å². The Labute approximate surface area is 99.7 Å². The van der Waals surface area contributed by atoms with Crippen LogP contribution < -0.4 is 5.32 Å². The van der Waals surface area contributed by atoms with Crippen LogP contribution >= 0.6 is 0 Å². The molecule has 2 rings (SSSR count). The zero-order valence-electron chi connectivity index (χ0n) is 9.51. The van der Waals surface area contributed by atoms with Crippen molar-refractivity contribution in [1.82, 2.24) is 0 Å². The molecule has 0 radical (unpaired) electrons. The molecule has 3 nitrogen and oxygen atoms in total. The summed E-state index contributed by atoms with van der Waals surface area (Å²) in [5.74, 6) is -0.377. The summed E-state index contributed by atoms with van der Waals surface area (Å²) >= 11 is 0. The van der Waals surface area contributed by atoms with Crippen LogP contribution in [-0.2, 0) is 9.53 Å². The van der Waals surface area contributed by atoms with E-state index in [0.29, 0.717) is 0 Å². The van der Waals surface area contributed by atoms with Gasteiger partial charge in [-0.05, 0) is 11.5 Å². The first-order chi connectivity index (χ1) is 8.31. The summed E-state index contributed by atoms with van der Waals surface area (Å²) in [6.45, 7) is 0. The molecule has 0 aromatic heterocycles. The van der Waals surface area contributed by atoms with Crippen molar-refractivity contribution in [2.24, 2.45) is 0 Å². The van der Waals surface area contributed by atoms with Gasteiger partial charge in [-0.1, -0.05) is 36.4 Å². The van der Waals surface area contributed by atoms with E-state index in [-0.39, 0.29) is 5.97 Å². The average Bonchev–Trinajstić information content (AvgIpc) is 2.39. The van der Waals surface area contributed by atoms with Crippen LogP contribution in [-0.4, -0.2) is 13.1 Å². The lowest BCUT2D eigenvalue weighted by molar-refractivity contribution is -0.134. The molecule has 0 bridgehead atoms. The minimum Gasteiger partial charge on any atom is -0.466 e. The first-order valence-corrected chi connectivity index (χ1v) is 5.30. The number of carbonyl (C=O) groups excluding carboxylic acids is 1. The molecule has 2 aromatic carbocycles. The van der Waals surface area contributed by atoms with E-state index in [4.69, 9.17) is 0 Å². The van der Waals surface area contributed by atoms with Gasteiger partial charge >= 0.3 is 5.97 Å². The number of fused-ring (bicyclic) bond motifs is 1. The first kappa shape index (κ1) is 11.2. The van der Waals surface area contributed by atoms with E-state index in [9.17, 15) is 4.79 Å². The molecule has 0 aliphatic heterocycles. The smallest absolute Gasteiger partial charge is 0.331 e. The molecule has 0 aliphatic carbocycles.